The van der Waals surface area contributed by atoms with E-state index in [2.05, 4.69) is 20.4 Å². The Labute approximate surface area is 98.5 Å². The summed E-state index contributed by atoms with van der Waals surface area (Å²) in [6.07, 6.45) is 5.04. The lowest BCUT2D eigenvalue weighted by Gasteiger charge is -2.04. The predicted octanol–water partition coefficient (Wildman–Crippen LogP) is 1.72. The quantitative estimate of drug-likeness (QED) is 0.883. The van der Waals surface area contributed by atoms with Crippen molar-refractivity contribution in [1.29, 1.82) is 0 Å². The molecule has 84 valence electrons. The summed E-state index contributed by atoms with van der Waals surface area (Å²) in [5.74, 6) is 0.749. The fourth-order valence-electron chi connectivity index (χ4n) is 1.30. The second-order valence-electron chi connectivity index (χ2n) is 3.38. The average molecular weight is 238 g/mol. The molecule has 0 radical (unpaired) electrons. The summed E-state index contributed by atoms with van der Waals surface area (Å²) in [6.45, 7) is 2.50. The normalized spacial score (nSPS) is 10.4. The highest BCUT2D eigenvalue weighted by Crippen LogP contribution is 2.14. The van der Waals surface area contributed by atoms with E-state index >= 15 is 0 Å². The molecule has 0 atom stereocenters. The van der Waals surface area contributed by atoms with Crippen molar-refractivity contribution in [2.24, 2.45) is 0 Å². The average Bonchev–Trinajstić information content (AvgIpc) is 2.62. The third kappa shape index (κ3) is 2.14. The molecule has 0 aromatic carbocycles. The second kappa shape index (κ2) is 4.49. The minimum atomic E-state index is 0.579. The third-order valence-corrected chi connectivity index (χ3v) is 2.69. The van der Waals surface area contributed by atoms with Gasteiger partial charge in [0.05, 0.1) is 41.5 Å². The van der Waals surface area contributed by atoms with Crippen LogP contribution >= 0.6 is 11.6 Å². The summed E-state index contributed by atoms with van der Waals surface area (Å²) in [5, 5.41) is 7.74. The Hall–Kier alpha value is -1.62. The molecule has 0 amide bonds. The van der Waals surface area contributed by atoms with Crippen molar-refractivity contribution in [3.63, 3.8) is 0 Å². The maximum Gasteiger partial charge on any atom is 0.144 e. The van der Waals surface area contributed by atoms with E-state index in [-0.39, 0.29) is 0 Å². The second-order valence-corrected chi connectivity index (χ2v) is 3.79. The molecule has 0 saturated heterocycles. The molecule has 16 heavy (non-hydrogen) atoms. The molecule has 0 aliphatic rings. The van der Waals surface area contributed by atoms with E-state index in [1.807, 2.05) is 6.92 Å². The summed E-state index contributed by atoms with van der Waals surface area (Å²) >= 11 is 5.91. The van der Waals surface area contributed by atoms with E-state index in [1.165, 1.54) is 0 Å². The Morgan fingerprint density at radius 2 is 2.12 bits per heavy atom. The number of anilines is 1. The molecule has 0 spiro atoms. The molecule has 0 fully saturated rings. The molecule has 6 heteroatoms. The van der Waals surface area contributed by atoms with E-state index in [1.54, 1.807) is 30.3 Å². The van der Waals surface area contributed by atoms with Crippen LogP contribution in [-0.2, 0) is 6.54 Å². The molecule has 0 aliphatic heterocycles. The predicted molar refractivity (Wildman–Crippen MR) is 62.7 cm³/mol. The Kier molecular flexibility index (Phi) is 3.05. The number of nitrogens with one attached hydrogen (secondary N) is 1. The van der Waals surface area contributed by atoms with Gasteiger partial charge in [-0.2, -0.15) is 5.10 Å². The van der Waals surface area contributed by atoms with Crippen LogP contribution in [0.5, 0.6) is 0 Å². The Bertz CT molecular complexity index is 476. The van der Waals surface area contributed by atoms with Crippen LogP contribution in [0.3, 0.4) is 0 Å². The van der Waals surface area contributed by atoms with Gasteiger partial charge in [-0.15, -0.1) is 0 Å². The molecule has 1 N–H and O–H groups in total. The Morgan fingerprint density at radius 3 is 2.62 bits per heavy atom. The standard InChI is InChI=1S/C10H12ClN5/c1-7-9(11)4-15-16(7)6-8-3-14-10(12-2)5-13-8/h3-5H,6H2,1-2H3,(H,12,14). The van der Waals surface area contributed by atoms with Gasteiger partial charge >= 0.3 is 0 Å². The van der Waals surface area contributed by atoms with Crippen LogP contribution in [-0.4, -0.2) is 26.8 Å². The number of halogens is 1. The van der Waals surface area contributed by atoms with Crippen molar-refractivity contribution in [2.45, 2.75) is 13.5 Å². The first-order valence-corrected chi connectivity index (χ1v) is 5.25. The maximum absolute atomic E-state index is 5.91. The highest BCUT2D eigenvalue weighted by atomic mass is 35.5. The number of hydrogen-bond acceptors (Lipinski definition) is 4. The topological polar surface area (TPSA) is 55.6 Å². The van der Waals surface area contributed by atoms with Crippen LogP contribution in [0.15, 0.2) is 18.6 Å². The van der Waals surface area contributed by atoms with Gasteiger partial charge in [0.15, 0.2) is 0 Å². The van der Waals surface area contributed by atoms with E-state index in [4.69, 9.17) is 11.6 Å². The van der Waals surface area contributed by atoms with Crippen LogP contribution in [0.1, 0.15) is 11.4 Å². The number of nitrogens with zero attached hydrogens (tertiary/aromatic N) is 4. The molecular weight excluding hydrogens is 226 g/mol. The van der Waals surface area contributed by atoms with Crippen LogP contribution < -0.4 is 5.32 Å². The van der Waals surface area contributed by atoms with Crippen LogP contribution in [0.4, 0.5) is 5.82 Å². The van der Waals surface area contributed by atoms with Gasteiger partial charge in [0, 0.05) is 7.05 Å². The largest absolute Gasteiger partial charge is 0.372 e. The molecule has 2 aromatic rings. The highest BCUT2D eigenvalue weighted by Gasteiger charge is 2.05. The van der Waals surface area contributed by atoms with Gasteiger partial charge in [-0.3, -0.25) is 9.67 Å². The monoisotopic (exact) mass is 237 g/mol. The maximum atomic E-state index is 5.91. The highest BCUT2D eigenvalue weighted by molar-refractivity contribution is 6.31. The van der Waals surface area contributed by atoms with Crippen molar-refractivity contribution in [2.75, 3.05) is 12.4 Å². The zero-order valence-electron chi connectivity index (χ0n) is 9.11. The molecule has 2 heterocycles. The van der Waals surface area contributed by atoms with Crippen molar-refractivity contribution in [1.82, 2.24) is 19.7 Å². The summed E-state index contributed by atoms with van der Waals surface area (Å²) in [7, 11) is 1.81. The van der Waals surface area contributed by atoms with Gasteiger partial charge in [0.1, 0.15) is 5.82 Å². The fraction of sp³-hybridized carbons (Fsp3) is 0.300. The molecule has 0 bridgehead atoms. The first-order chi connectivity index (χ1) is 7.70. The van der Waals surface area contributed by atoms with Crippen LogP contribution in [0.25, 0.3) is 0 Å². The summed E-state index contributed by atoms with van der Waals surface area (Å²) in [6, 6.07) is 0. The zero-order valence-corrected chi connectivity index (χ0v) is 9.86. The number of rotatable bonds is 3. The molecule has 0 unspecified atom stereocenters. The zero-order chi connectivity index (χ0) is 11.5. The summed E-state index contributed by atoms with van der Waals surface area (Å²) < 4.78 is 1.80. The van der Waals surface area contributed by atoms with Gasteiger partial charge in [0.25, 0.3) is 0 Å². The minimum absolute atomic E-state index is 0.579. The lowest BCUT2D eigenvalue weighted by molar-refractivity contribution is 0.650. The molecular formula is C10H12ClN5. The molecule has 2 aromatic heterocycles. The Balaban J connectivity index is 2.17. The lowest BCUT2D eigenvalue weighted by atomic mass is 10.4. The first kappa shape index (κ1) is 10.9. The van der Waals surface area contributed by atoms with Crippen molar-refractivity contribution >= 4 is 17.4 Å². The van der Waals surface area contributed by atoms with Gasteiger partial charge in [-0.25, -0.2) is 4.98 Å². The Morgan fingerprint density at radius 1 is 1.31 bits per heavy atom. The van der Waals surface area contributed by atoms with Crippen molar-refractivity contribution in [3.8, 4) is 0 Å². The summed E-state index contributed by atoms with van der Waals surface area (Å²) in [5.41, 5.74) is 1.78. The third-order valence-electron chi connectivity index (χ3n) is 2.32. The molecule has 0 aliphatic carbocycles. The van der Waals surface area contributed by atoms with Crippen LogP contribution in [0, 0.1) is 6.92 Å². The number of aromatic nitrogens is 4. The smallest absolute Gasteiger partial charge is 0.144 e. The van der Waals surface area contributed by atoms with E-state index in [9.17, 15) is 0 Å². The first-order valence-electron chi connectivity index (χ1n) is 4.87. The van der Waals surface area contributed by atoms with Crippen molar-refractivity contribution < 1.29 is 0 Å². The van der Waals surface area contributed by atoms with Gasteiger partial charge in [-0.1, -0.05) is 11.6 Å². The van der Waals surface area contributed by atoms with Gasteiger partial charge < -0.3 is 5.32 Å². The number of hydrogen-bond donors (Lipinski definition) is 1. The van der Waals surface area contributed by atoms with Gasteiger partial charge in [-0.05, 0) is 6.92 Å². The van der Waals surface area contributed by atoms with Crippen molar-refractivity contribution in [3.05, 3.63) is 35.0 Å². The van der Waals surface area contributed by atoms with E-state index in [0.29, 0.717) is 11.6 Å². The molecule has 0 saturated carbocycles. The summed E-state index contributed by atoms with van der Waals surface area (Å²) in [4.78, 5) is 8.45. The van der Waals surface area contributed by atoms with E-state index in [0.717, 1.165) is 17.2 Å². The van der Waals surface area contributed by atoms with Gasteiger partial charge in [0.2, 0.25) is 0 Å². The fourth-order valence-corrected chi connectivity index (χ4v) is 1.44. The molecule has 2 rings (SSSR count). The van der Waals surface area contributed by atoms with Crippen LogP contribution in [0.2, 0.25) is 5.02 Å². The lowest BCUT2D eigenvalue weighted by Crippen LogP contribution is -2.06. The SMILES string of the molecule is CNc1cnc(Cn2ncc(Cl)c2C)cn1. The minimum Gasteiger partial charge on any atom is -0.372 e. The molecule has 5 nitrogen and oxygen atoms in total. The van der Waals surface area contributed by atoms with E-state index < -0.39 is 0 Å².